The third-order valence-corrected chi connectivity index (χ3v) is 3.49. The fourth-order valence-corrected chi connectivity index (χ4v) is 2.75. The first kappa shape index (κ1) is 18.7. The van der Waals surface area contributed by atoms with E-state index in [1.54, 1.807) is 27.7 Å². The van der Waals surface area contributed by atoms with Gasteiger partial charge in [0.05, 0.1) is 19.0 Å². The second kappa shape index (κ2) is 6.41. The van der Waals surface area contributed by atoms with Gasteiger partial charge in [0.25, 0.3) is 10.1 Å². The number of hydrogen-bond donors (Lipinski definition) is 1. The molecule has 9 heteroatoms. The minimum absolute atomic E-state index is 0.0120. The Bertz CT molecular complexity index is 529. The molecule has 1 fully saturated rings. The van der Waals surface area contributed by atoms with Gasteiger partial charge in [-0.05, 0) is 27.7 Å². The Morgan fingerprint density at radius 1 is 1.27 bits per heavy atom. The SMILES string of the molecule is CCOC(=O)C1(NC(=O)OC(C)(C)C)CC(OS(C)(=O)=O)C1. The third kappa shape index (κ3) is 5.45. The molecule has 1 saturated carbocycles. The Labute approximate surface area is 130 Å². The largest absolute Gasteiger partial charge is 0.464 e. The molecule has 0 bridgehead atoms. The molecule has 128 valence electrons. The summed E-state index contributed by atoms with van der Waals surface area (Å²) in [4.78, 5) is 23.9. The van der Waals surface area contributed by atoms with E-state index in [1.165, 1.54) is 0 Å². The van der Waals surface area contributed by atoms with Crippen LogP contribution in [-0.4, -0.2) is 50.6 Å². The summed E-state index contributed by atoms with van der Waals surface area (Å²) in [6.07, 6.45) is -0.484. The highest BCUT2D eigenvalue weighted by Crippen LogP contribution is 2.37. The maximum Gasteiger partial charge on any atom is 0.408 e. The molecule has 0 heterocycles. The zero-order chi connectivity index (χ0) is 17.2. The molecule has 0 aromatic carbocycles. The lowest BCUT2D eigenvalue weighted by Gasteiger charge is -2.44. The molecule has 8 nitrogen and oxygen atoms in total. The predicted octanol–water partition coefficient (Wildman–Crippen LogP) is 0.952. The molecule has 1 aliphatic carbocycles. The van der Waals surface area contributed by atoms with Crippen molar-refractivity contribution in [1.29, 1.82) is 0 Å². The molecule has 1 rings (SSSR count). The van der Waals surface area contributed by atoms with E-state index in [0.29, 0.717) is 0 Å². The molecular weight excluding hydrogens is 314 g/mol. The van der Waals surface area contributed by atoms with Gasteiger partial charge in [0, 0.05) is 12.8 Å². The Balaban J connectivity index is 2.76. The number of rotatable bonds is 5. The van der Waals surface area contributed by atoms with Crippen LogP contribution in [0.3, 0.4) is 0 Å². The van der Waals surface area contributed by atoms with Crippen LogP contribution in [-0.2, 0) is 28.6 Å². The lowest BCUT2D eigenvalue weighted by molar-refractivity contribution is -0.159. The zero-order valence-corrected chi connectivity index (χ0v) is 14.3. The lowest BCUT2D eigenvalue weighted by Crippen LogP contribution is -2.65. The van der Waals surface area contributed by atoms with Crippen LogP contribution in [0, 0.1) is 0 Å². The van der Waals surface area contributed by atoms with Gasteiger partial charge in [-0.15, -0.1) is 0 Å². The summed E-state index contributed by atoms with van der Waals surface area (Å²) in [5.41, 5.74) is -2.03. The number of hydrogen-bond acceptors (Lipinski definition) is 7. The number of carbonyl (C=O) groups excluding carboxylic acids is 2. The van der Waals surface area contributed by atoms with Gasteiger partial charge in [-0.25, -0.2) is 9.59 Å². The number of amides is 1. The van der Waals surface area contributed by atoms with Gasteiger partial charge in [0.1, 0.15) is 11.1 Å². The zero-order valence-electron chi connectivity index (χ0n) is 13.5. The van der Waals surface area contributed by atoms with Gasteiger partial charge in [-0.2, -0.15) is 8.42 Å². The van der Waals surface area contributed by atoms with Gasteiger partial charge < -0.3 is 14.8 Å². The number of esters is 1. The molecular formula is C13H23NO7S. The van der Waals surface area contributed by atoms with Crippen molar-refractivity contribution < 1.29 is 31.7 Å². The Hall–Kier alpha value is -1.35. The molecule has 22 heavy (non-hydrogen) atoms. The summed E-state index contributed by atoms with van der Waals surface area (Å²) in [5.74, 6) is -0.630. The van der Waals surface area contributed by atoms with E-state index in [1.807, 2.05) is 0 Å². The monoisotopic (exact) mass is 337 g/mol. The molecule has 0 saturated heterocycles. The van der Waals surface area contributed by atoms with Crippen molar-refractivity contribution in [3.8, 4) is 0 Å². The van der Waals surface area contributed by atoms with Crippen molar-refractivity contribution >= 4 is 22.2 Å². The molecule has 0 aromatic rings. The molecule has 1 amide bonds. The number of alkyl carbamates (subject to hydrolysis) is 1. The third-order valence-electron chi connectivity index (χ3n) is 2.87. The van der Waals surface area contributed by atoms with Crippen molar-refractivity contribution in [2.24, 2.45) is 0 Å². The molecule has 0 aromatic heterocycles. The maximum atomic E-state index is 12.1. The van der Waals surface area contributed by atoms with Crippen LogP contribution in [0.25, 0.3) is 0 Å². The van der Waals surface area contributed by atoms with E-state index in [4.69, 9.17) is 13.7 Å². The van der Waals surface area contributed by atoms with Crippen LogP contribution in [0.15, 0.2) is 0 Å². The van der Waals surface area contributed by atoms with Gasteiger partial charge >= 0.3 is 12.1 Å². The van der Waals surface area contributed by atoms with Crippen molar-refractivity contribution in [3.05, 3.63) is 0 Å². The number of ether oxygens (including phenoxy) is 2. The molecule has 0 unspecified atom stereocenters. The van der Waals surface area contributed by atoms with Crippen LogP contribution in [0.2, 0.25) is 0 Å². The van der Waals surface area contributed by atoms with E-state index in [0.717, 1.165) is 6.26 Å². The van der Waals surface area contributed by atoms with Gasteiger partial charge in [-0.1, -0.05) is 0 Å². The van der Waals surface area contributed by atoms with E-state index >= 15 is 0 Å². The summed E-state index contributed by atoms with van der Waals surface area (Å²) in [6.45, 7) is 6.87. The van der Waals surface area contributed by atoms with Crippen molar-refractivity contribution in [2.75, 3.05) is 12.9 Å². The fraction of sp³-hybridized carbons (Fsp3) is 0.846. The summed E-state index contributed by atoms with van der Waals surface area (Å²) in [5, 5.41) is 2.48. The van der Waals surface area contributed by atoms with Crippen LogP contribution in [0.4, 0.5) is 4.79 Å². The number of carbonyl (C=O) groups is 2. The average Bonchev–Trinajstić information content (AvgIpc) is 2.21. The Morgan fingerprint density at radius 2 is 1.82 bits per heavy atom. The highest BCUT2D eigenvalue weighted by molar-refractivity contribution is 7.86. The van der Waals surface area contributed by atoms with Crippen molar-refractivity contribution in [2.45, 2.75) is 57.8 Å². The fourth-order valence-electron chi connectivity index (χ4n) is 2.12. The van der Waals surface area contributed by atoms with E-state index in [-0.39, 0.29) is 19.4 Å². The molecule has 0 radical (unpaired) electrons. The molecule has 0 aliphatic heterocycles. The second-order valence-corrected chi connectivity index (χ2v) is 7.86. The van der Waals surface area contributed by atoms with Gasteiger partial charge in [0.15, 0.2) is 0 Å². The molecule has 1 N–H and O–H groups in total. The van der Waals surface area contributed by atoms with Gasteiger partial charge in [-0.3, -0.25) is 4.18 Å². The molecule has 0 spiro atoms. The van der Waals surface area contributed by atoms with Crippen LogP contribution in [0.1, 0.15) is 40.5 Å². The van der Waals surface area contributed by atoms with E-state index in [9.17, 15) is 18.0 Å². The summed E-state index contributed by atoms with van der Waals surface area (Å²) >= 11 is 0. The van der Waals surface area contributed by atoms with E-state index < -0.39 is 39.4 Å². The number of nitrogens with one attached hydrogen (secondary N) is 1. The summed E-state index contributed by atoms with van der Waals surface area (Å²) in [7, 11) is -3.63. The average molecular weight is 337 g/mol. The Kier molecular flexibility index (Phi) is 5.45. The summed E-state index contributed by atoms with van der Waals surface area (Å²) < 4.78 is 37.1. The highest BCUT2D eigenvalue weighted by atomic mass is 32.2. The normalized spacial score (nSPS) is 25.0. The van der Waals surface area contributed by atoms with Crippen LogP contribution < -0.4 is 5.32 Å². The van der Waals surface area contributed by atoms with Crippen LogP contribution >= 0.6 is 0 Å². The van der Waals surface area contributed by atoms with Crippen LogP contribution in [0.5, 0.6) is 0 Å². The topological polar surface area (TPSA) is 108 Å². The standard InChI is InChI=1S/C13H23NO7S/c1-6-19-10(15)13(14-11(16)20-12(2,3)4)7-9(8-13)21-22(5,17)18/h9H,6-8H2,1-5H3,(H,14,16). The molecule has 1 aliphatic rings. The first-order valence-corrected chi connectivity index (χ1v) is 8.75. The lowest BCUT2D eigenvalue weighted by atomic mass is 9.74. The predicted molar refractivity (Wildman–Crippen MR) is 77.7 cm³/mol. The minimum atomic E-state index is -3.63. The first-order chi connectivity index (χ1) is 9.87. The van der Waals surface area contributed by atoms with E-state index in [2.05, 4.69) is 5.32 Å². The molecule has 0 atom stereocenters. The quantitative estimate of drug-likeness (QED) is 0.588. The van der Waals surface area contributed by atoms with Crippen molar-refractivity contribution in [1.82, 2.24) is 5.32 Å². The summed E-state index contributed by atoms with van der Waals surface area (Å²) in [6, 6.07) is 0. The highest BCUT2D eigenvalue weighted by Gasteiger charge is 2.54. The minimum Gasteiger partial charge on any atom is -0.464 e. The second-order valence-electron chi connectivity index (χ2n) is 6.26. The Morgan fingerprint density at radius 3 is 2.23 bits per heavy atom. The van der Waals surface area contributed by atoms with Gasteiger partial charge in [0.2, 0.25) is 0 Å². The van der Waals surface area contributed by atoms with Crippen molar-refractivity contribution in [3.63, 3.8) is 0 Å². The smallest absolute Gasteiger partial charge is 0.408 e. The maximum absolute atomic E-state index is 12.1. The first-order valence-electron chi connectivity index (χ1n) is 6.93.